The molecule has 1 N–H and O–H groups in total. The Bertz CT molecular complexity index is 421. The second kappa shape index (κ2) is 7.48. The Labute approximate surface area is 119 Å². The van der Waals surface area contributed by atoms with Gasteiger partial charge in [0, 0.05) is 11.6 Å². The zero-order valence-corrected chi connectivity index (χ0v) is 12.3. The molecule has 19 heavy (non-hydrogen) atoms. The molecule has 0 radical (unpaired) electrons. The lowest BCUT2D eigenvalue weighted by Gasteiger charge is -2.21. The van der Waals surface area contributed by atoms with E-state index in [1.165, 1.54) is 0 Å². The molecule has 0 aromatic heterocycles. The van der Waals surface area contributed by atoms with Gasteiger partial charge < -0.3 is 9.57 Å². The quantitative estimate of drug-likeness (QED) is 0.475. The lowest BCUT2D eigenvalue weighted by atomic mass is 9.95. The van der Waals surface area contributed by atoms with Crippen LogP contribution in [0.4, 0.5) is 0 Å². The largest absolute Gasteiger partial charge is 0.466 e. The first-order valence-electron chi connectivity index (χ1n) is 6.22. The van der Waals surface area contributed by atoms with Crippen LogP contribution in [0.15, 0.2) is 24.3 Å². The Morgan fingerprint density at radius 3 is 2.68 bits per heavy atom. The van der Waals surface area contributed by atoms with Gasteiger partial charge in [-0.25, -0.2) is 0 Å². The highest BCUT2D eigenvalue weighted by Gasteiger charge is 2.29. The molecule has 4 nitrogen and oxygen atoms in total. The van der Waals surface area contributed by atoms with E-state index in [2.05, 4.69) is 5.48 Å². The summed E-state index contributed by atoms with van der Waals surface area (Å²) in [5, 5.41) is 0.684. The Morgan fingerprint density at radius 2 is 2.05 bits per heavy atom. The molecule has 0 fully saturated rings. The minimum absolute atomic E-state index is 0.232. The Kier molecular flexibility index (Phi) is 6.28. The van der Waals surface area contributed by atoms with Gasteiger partial charge in [-0.1, -0.05) is 29.8 Å². The van der Waals surface area contributed by atoms with Crippen molar-refractivity contribution in [1.82, 2.24) is 5.48 Å². The maximum atomic E-state index is 11.6. The maximum Gasteiger partial charge on any atom is 0.313 e. The highest BCUT2D eigenvalue weighted by atomic mass is 35.5. The van der Waals surface area contributed by atoms with Gasteiger partial charge in [-0.2, -0.15) is 5.48 Å². The number of carbonyl (C=O) groups excluding carboxylic acids is 1. The maximum absolute atomic E-state index is 11.6. The summed E-state index contributed by atoms with van der Waals surface area (Å²) in [6.45, 7) is 6.43. The molecule has 0 spiro atoms. The van der Waals surface area contributed by atoms with E-state index in [0.29, 0.717) is 18.2 Å². The van der Waals surface area contributed by atoms with E-state index < -0.39 is 5.41 Å². The standard InChI is InChI=1S/C14H20ClNO3/c1-4-18-13(17)14(2,3)10-19-16-9-11-7-5-6-8-12(11)15/h5-8,16H,4,9-10H2,1-3H3. The van der Waals surface area contributed by atoms with Crippen molar-refractivity contribution < 1.29 is 14.4 Å². The van der Waals surface area contributed by atoms with E-state index in [4.69, 9.17) is 21.2 Å². The zero-order valence-electron chi connectivity index (χ0n) is 11.5. The smallest absolute Gasteiger partial charge is 0.313 e. The first kappa shape index (κ1) is 16.0. The third-order valence-corrected chi connectivity index (χ3v) is 2.95. The minimum Gasteiger partial charge on any atom is -0.466 e. The molecule has 0 atom stereocenters. The van der Waals surface area contributed by atoms with Gasteiger partial charge in [0.2, 0.25) is 0 Å². The molecule has 0 bridgehead atoms. The molecule has 0 unspecified atom stereocenters. The van der Waals surface area contributed by atoms with Gasteiger partial charge >= 0.3 is 5.97 Å². The first-order chi connectivity index (χ1) is 8.97. The fourth-order valence-corrected chi connectivity index (χ4v) is 1.59. The summed E-state index contributed by atoms with van der Waals surface area (Å²) < 4.78 is 4.97. The fourth-order valence-electron chi connectivity index (χ4n) is 1.39. The van der Waals surface area contributed by atoms with Crippen LogP contribution in [0.5, 0.6) is 0 Å². The van der Waals surface area contributed by atoms with Crippen LogP contribution in [0, 0.1) is 5.41 Å². The summed E-state index contributed by atoms with van der Waals surface area (Å²) in [5.41, 5.74) is 3.07. The van der Waals surface area contributed by atoms with Crippen LogP contribution in [-0.2, 0) is 20.9 Å². The lowest BCUT2D eigenvalue weighted by Crippen LogP contribution is -2.34. The number of halogens is 1. The number of hydrogen-bond donors (Lipinski definition) is 1. The summed E-state index contributed by atoms with van der Waals surface area (Å²) in [4.78, 5) is 16.9. The number of carbonyl (C=O) groups is 1. The summed E-state index contributed by atoms with van der Waals surface area (Å²) in [7, 11) is 0. The Morgan fingerprint density at radius 1 is 1.37 bits per heavy atom. The SMILES string of the molecule is CCOC(=O)C(C)(C)CONCc1ccccc1Cl. The molecule has 5 heteroatoms. The van der Waals surface area contributed by atoms with Crippen molar-refractivity contribution in [3.8, 4) is 0 Å². The van der Waals surface area contributed by atoms with Crippen LogP contribution in [-0.4, -0.2) is 19.2 Å². The van der Waals surface area contributed by atoms with E-state index >= 15 is 0 Å². The number of benzene rings is 1. The van der Waals surface area contributed by atoms with E-state index in [9.17, 15) is 4.79 Å². The van der Waals surface area contributed by atoms with Crippen molar-refractivity contribution in [2.75, 3.05) is 13.2 Å². The predicted molar refractivity (Wildman–Crippen MR) is 74.7 cm³/mol. The molecule has 106 valence electrons. The molecule has 0 saturated carbocycles. The van der Waals surface area contributed by atoms with Gasteiger partial charge in [-0.05, 0) is 32.4 Å². The summed E-state index contributed by atoms with van der Waals surface area (Å²) in [6, 6.07) is 7.51. The summed E-state index contributed by atoms with van der Waals surface area (Å²) >= 11 is 6.02. The topological polar surface area (TPSA) is 47.6 Å². The van der Waals surface area contributed by atoms with Gasteiger partial charge in [0.15, 0.2) is 0 Å². The van der Waals surface area contributed by atoms with Crippen molar-refractivity contribution in [2.24, 2.45) is 5.41 Å². The number of ether oxygens (including phenoxy) is 1. The first-order valence-corrected chi connectivity index (χ1v) is 6.60. The Balaban J connectivity index is 2.35. The van der Waals surface area contributed by atoms with Crippen molar-refractivity contribution in [1.29, 1.82) is 0 Å². The summed E-state index contributed by atoms with van der Waals surface area (Å²) in [5.74, 6) is -0.269. The second-order valence-corrected chi connectivity index (χ2v) is 5.21. The third kappa shape index (κ3) is 5.19. The van der Waals surface area contributed by atoms with Gasteiger partial charge in [0.25, 0.3) is 0 Å². The van der Waals surface area contributed by atoms with E-state index in [1.807, 2.05) is 24.3 Å². The average molecular weight is 286 g/mol. The Hall–Kier alpha value is -1.10. The predicted octanol–water partition coefficient (Wildman–Crippen LogP) is 2.95. The third-order valence-electron chi connectivity index (χ3n) is 2.58. The minimum atomic E-state index is -0.677. The number of nitrogens with one attached hydrogen (secondary N) is 1. The average Bonchev–Trinajstić information content (AvgIpc) is 2.37. The van der Waals surface area contributed by atoms with Gasteiger partial charge in [-0.3, -0.25) is 4.79 Å². The van der Waals surface area contributed by atoms with Crippen LogP contribution >= 0.6 is 11.6 Å². The molecular weight excluding hydrogens is 266 g/mol. The molecular formula is C14H20ClNO3. The molecule has 0 aliphatic carbocycles. The van der Waals surface area contributed by atoms with Crippen molar-refractivity contribution in [3.63, 3.8) is 0 Å². The fraction of sp³-hybridized carbons (Fsp3) is 0.500. The van der Waals surface area contributed by atoms with Gasteiger partial charge in [0.1, 0.15) is 0 Å². The highest BCUT2D eigenvalue weighted by Crippen LogP contribution is 2.18. The van der Waals surface area contributed by atoms with Gasteiger partial charge in [0.05, 0.1) is 18.6 Å². The molecule has 1 aromatic carbocycles. The number of rotatable bonds is 7. The highest BCUT2D eigenvalue weighted by molar-refractivity contribution is 6.31. The lowest BCUT2D eigenvalue weighted by molar-refractivity contribution is -0.158. The van der Waals surface area contributed by atoms with Crippen LogP contribution < -0.4 is 5.48 Å². The van der Waals surface area contributed by atoms with Crippen LogP contribution in [0.25, 0.3) is 0 Å². The normalized spacial score (nSPS) is 11.4. The summed E-state index contributed by atoms with van der Waals surface area (Å²) in [6.07, 6.45) is 0. The van der Waals surface area contributed by atoms with E-state index in [1.54, 1.807) is 20.8 Å². The van der Waals surface area contributed by atoms with Crippen molar-refractivity contribution in [3.05, 3.63) is 34.9 Å². The number of esters is 1. The van der Waals surface area contributed by atoms with E-state index in [-0.39, 0.29) is 12.6 Å². The molecule has 1 rings (SSSR count). The van der Waals surface area contributed by atoms with Crippen molar-refractivity contribution in [2.45, 2.75) is 27.3 Å². The number of hydrogen-bond acceptors (Lipinski definition) is 4. The molecule has 1 aromatic rings. The van der Waals surface area contributed by atoms with Crippen LogP contribution in [0.1, 0.15) is 26.3 Å². The molecule has 0 heterocycles. The van der Waals surface area contributed by atoms with E-state index in [0.717, 1.165) is 5.56 Å². The van der Waals surface area contributed by atoms with Crippen molar-refractivity contribution >= 4 is 17.6 Å². The van der Waals surface area contributed by atoms with Crippen LogP contribution in [0.2, 0.25) is 5.02 Å². The zero-order chi connectivity index (χ0) is 14.3. The molecule has 0 saturated heterocycles. The molecule has 0 amide bonds. The second-order valence-electron chi connectivity index (χ2n) is 4.81. The van der Waals surface area contributed by atoms with Gasteiger partial charge in [-0.15, -0.1) is 0 Å². The van der Waals surface area contributed by atoms with Crippen LogP contribution in [0.3, 0.4) is 0 Å². The molecule has 0 aliphatic heterocycles. The molecule has 0 aliphatic rings. The number of hydroxylamine groups is 1. The monoisotopic (exact) mass is 285 g/mol.